The van der Waals surface area contributed by atoms with Crippen molar-refractivity contribution >= 4 is 38.3 Å². The highest BCUT2D eigenvalue weighted by molar-refractivity contribution is 7.92. The first-order chi connectivity index (χ1) is 17.1. The molecule has 37 heavy (non-hydrogen) atoms. The molecule has 0 aliphatic carbocycles. The van der Waals surface area contributed by atoms with Crippen LogP contribution in [0.4, 0.5) is 13.9 Å². The van der Waals surface area contributed by atoms with Crippen LogP contribution in [0.1, 0.15) is 36.8 Å². The number of aliphatic hydroxyl groups is 2. The Bertz CT molecular complexity index is 1190. The molecule has 2 aromatic rings. The number of benzene rings is 1. The molecule has 0 saturated carbocycles. The number of halogens is 2. The Morgan fingerprint density at radius 3 is 2.24 bits per heavy atom. The SMILES string of the molecule is CC(C)CNC(=O)[C@H](C)[C@@H](O)[C@H](O)[C@H](Cc1cc(F)cc(F)c1)NC(=O)c1csc(N(C)S(C)(=O)=O)n1. The molecule has 0 aliphatic heterocycles. The number of nitrogens with one attached hydrogen (secondary N) is 2. The number of carbonyl (C=O) groups is 2. The lowest BCUT2D eigenvalue weighted by atomic mass is 9.90. The van der Waals surface area contributed by atoms with Crippen molar-refractivity contribution in [2.24, 2.45) is 11.8 Å². The number of carbonyl (C=O) groups excluding carboxylic acids is 2. The number of hydrogen-bond acceptors (Lipinski definition) is 8. The zero-order valence-corrected chi connectivity index (χ0v) is 22.7. The van der Waals surface area contributed by atoms with Crippen molar-refractivity contribution in [1.82, 2.24) is 15.6 Å². The molecule has 1 heterocycles. The summed E-state index contributed by atoms with van der Waals surface area (Å²) in [5.41, 5.74) is -0.0860. The summed E-state index contributed by atoms with van der Waals surface area (Å²) in [5, 5.41) is 28.1. The van der Waals surface area contributed by atoms with Gasteiger partial charge < -0.3 is 20.8 Å². The Balaban J connectivity index is 2.29. The van der Waals surface area contributed by atoms with Crippen LogP contribution in [0.3, 0.4) is 0 Å². The average molecular weight is 563 g/mol. The van der Waals surface area contributed by atoms with Crippen molar-refractivity contribution in [3.05, 3.63) is 46.5 Å². The number of aliphatic hydroxyl groups excluding tert-OH is 2. The minimum Gasteiger partial charge on any atom is -0.390 e. The van der Waals surface area contributed by atoms with E-state index in [1.165, 1.54) is 19.4 Å². The van der Waals surface area contributed by atoms with Crippen LogP contribution >= 0.6 is 11.3 Å². The molecule has 0 bridgehead atoms. The second-order valence-electron chi connectivity index (χ2n) is 9.22. The number of nitrogens with zero attached hydrogens (tertiary/aromatic N) is 2. The number of anilines is 1. The molecule has 4 N–H and O–H groups in total. The fourth-order valence-corrected chi connectivity index (χ4v) is 4.83. The second kappa shape index (κ2) is 12.7. The van der Waals surface area contributed by atoms with E-state index in [0.717, 1.165) is 34.0 Å². The first-order valence-corrected chi connectivity index (χ1v) is 14.1. The van der Waals surface area contributed by atoms with E-state index in [9.17, 15) is 37.0 Å². The van der Waals surface area contributed by atoms with E-state index in [1.807, 2.05) is 13.8 Å². The Labute approximate surface area is 218 Å². The number of aromatic nitrogens is 1. The van der Waals surface area contributed by atoms with E-state index in [0.29, 0.717) is 12.6 Å². The van der Waals surface area contributed by atoms with Gasteiger partial charge in [0.2, 0.25) is 15.9 Å². The zero-order valence-electron chi connectivity index (χ0n) is 21.1. The van der Waals surface area contributed by atoms with Gasteiger partial charge in [0.05, 0.1) is 24.3 Å². The number of sulfonamides is 1. The average Bonchev–Trinajstić information content (AvgIpc) is 3.29. The summed E-state index contributed by atoms with van der Waals surface area (Å²) in [5.74, 6) is -4.01. The first-order valence-electron chi connectivity index (χ1n) is 11.4. The Morgan fingerprint density at radius 1 is 1.11 bits per heavy atom. The molecule has 1 aromatic heterocycles. The van der Waals surface area contributed by atoms with Gasteiger partial charge in [0.25, 0.3) is 5.91 Å². The van der Waals surface area contributed by atoms with Crippen LogP contribution in [-0.2, 0) is 21.2 Å². The Hall–Kier alpha value is -2.68. The number of hydrogen-bond donors (Lipinski definition) is 4. The highest BCUT2D eigenvalue weighted by Crippen LogP contribution is 2.22. The second-order valence-corrected chi connectivity index (χ2v) is 12.1. The summed E-state index contributed by atoms with van der Waals surface area (Å²) in [6, 6.07) is 1.41. The number of amides is 2. The van der Waals surface area contributed by atoms with Crippen molar-refractivity contribution in [3.63, 3.8) is 0 Å². The van der Waals surface area contributed by atoms with Gasteiger partial charge in [-0.05, 0) is 30.0 Å². The third-order valence-electron chi connectivity index (χ3n) is 5.56. The van der Waals surface area contributed by atoms with Crippen LogP contribution in [0, 0.1) is 23.5 Å². The summed E-state index contributed by atoms with van der Waals surface area (Å²) >= 11 is 0.890. The molecule has 0 aliphatic rings. The van der Waals surface area contributed by atoms with Gasteiger partial charge >= 0.3 is 0 Å². The largest absolute Gasteiger partial charge is 0.390 e. The molecule has 206 valence electrons. The van der Waals surface area contributed by atoms with Crippen LogP contribution < -0.4 is 14.9 Å². The van der Waals surface area contributed by atoms with E-state index >= 15 is 0 Å². The summed E-state index contributed by atoms with van der Waals surface area (Å²) in [6.07, 6.45) is -2.68. The van der Waals surface area contributed by atoms with Gasteiger partial charge in [-0.1, -0.05) is 20.8 Å². The zero-order chi connectivity index (χ0) is 28.1. The maximum absolute atomic E-state index is 13.8. The lowest BCUT2D eigenvalue weighted by molar-refractivity contribution is -0.131. The highest BCUT2D eigenvalue weighted by atomic mass is 32.2. The normalized spacial score (nSPS) is 15.1. The molecule has 0 unspecified atom stereocenters. The van der Waals surface area contributed by atoms with Crippen molar-refractivity contribution < 1.29 is 37.0 Å². The molecular weight excluding hydrogens is 530 g/mol. The van der Waals surface area contributed by atoms with Gasteiger partial charge in [0.15, 0.2) is 5.13 Å². The molecule has 1 aromatic carbocycles. The van der Waals surface area contributed by atoms with Gasteiger partial charge in [-0.2, -0.15) is 0 Å². The maximum atomic E-state index is 13.8. The van der Waals surface area contributed by atoms with Crippen molar-refractivity contribution in [2.45, 2.75) is 45.4 Å². The van der Waals surface area contributed by atoms with E-state index in [-0.39, 0.29) is 28.7 Å². The maximum Gasteiger partial charge on any atom is 0.271 e. The molecule has 2 amide bonds. The lowest BCUT2D eigenvalue weighted by Gasteiger charge is -2.30. The molecule has 0 radical (unpaired) electrons. The van der Waals surface area contributed by atoms with Crippen molar-refractivity contribution in [1.29, 1.82) is 0 Å². The monoisotopic (exact) mass is 562 g/mol. The number of thiazole rings is 1. The van der Waals surface area contributed by atoms with E-state index in [2.05, 4.69) is 15.6 Å². The standard InChI is InChI=1S/C23H32F2N4O6S2/c1-12(2)10-26-21(32)13(3)19(30)20(31)17(8-14-6-15(24)9-16(25)7-14)27-22(33)18-11-36-23(28-18)29(4)37(5,34)35/h6-7,9,11-13,17,19-20,30-31H,8,10H2,1-5H3,(H,26,32)(H,27,33)/t13-,17+,19-,20-/m1/s1. The van der Waals surface area contributed by atoms with Crippen LogP contribution in [0.5, 0.6) is 0 Å². The summed E-state index contributed by atoms with van der Waals surface area (Å²) in [7, 11) is -2.36. The fourth-order valence-electron chi connectivity index (χ4n) is 3.29. The van der Waals surface area contributed by atoms with E-state index in [1.54, 1.807) is 0 Å². The fraction of sp³-hybridized carbons (Fsp3) is 0.522. The van der Waals surface area contributed by atoms with Gasteiger partial charge in [-0.25, -0.2) is 26.5 Å². The van der Waals surface area contributed by atoms with Gasteiger partial charge in [-0.15, -0.1) is 11.3 Å². The molecule has 4 atom stereocenters. The molecule has 0 fully saturated rings. The van der Waals surface area contributed by atoms with Crippen molar-refractivity contribution in [2.75, 3.05) is 24.2 Å². The minimum absolute atomic E-state index is 0.0208. The molecule has 14 heteroatoms. The number of rotatable bonds is 12. The van der Waals surface area contributed by atoms with Crippen molar-refractivity contribution in [3.8, 4) is 0 Å². The smallest absolute Gasteiger partial charge is 0.271 e. The Morgan fingerprint density at radius 2 is 1.70 bits per heavy atom. The van der Waals surface area contributed by atoms with Gasteiger partial charge in [0.1, 0.15) is 23.4 Å². The molecule has 2 rings (SSSR count). The minimum atomic E-state index is -3.63. The highest BCUT2D eigenvalue weighted by Gasteiger charge is 2.35. The van der Waals surface area contributed by atoms with Gasteiger partial charge in [0, 0.05) is 25.0 Å². The van der Waals surface area contributed by atoms with Gasteiger partial charge in [-0.3, -0.25) is 9.59 Å². The predicted molar refractivity (Wildman–Crippen MR) is 136 cm³/mol. The predicted octanol–water partition coefficient (Wildman–Crippen LogP) is 1.29. The quantitative estimate of drug-likeness (QED) is 0.305. The third kappa shape index (κ3) is 8.69. The van der Waals surface area contributed by atoms with E-state index in [4.69, 9.17) is 0 Å². The molecule has 0 spiro atoms. The van der Waals surface area contributed by atoms with Crippen LogP contribution in [-0.4, -0.2) is 73.5 Å². The van der Waals surface area contributed by atoms with Crippen LogP contribution in [0.15, 0.2) is 23.6 Å². The van der Waals surface area contributed by atoms with Crippen LogP contribution in [0.25, 0.3) is 0 Å². The summed E-state index contributed by atoms with van der Waals surface area (Å²) < 4.78 is 51.9. The molecular formula is C23H32F2N4O6S2. The summed E-state index contributed by atoms with van der Waals surface area (Å²) in [6.45, 7) is 5.52. The molecule has 10 nitrogen and oxygen atoms in total. The topological polar surface area (TPSA) is 149 Å². The third-order valence-corrected chi connectivity index (χ3v) is 7.76. The summed E-state index contributed by atoms with van der Waals surface area (Å²) in [4.78, 5) is 29.3. The van der Waals surface area contributed by atoms with Crippen LogP contribution in [0.2, 0.25) is 0 Å². The first kappa shape index (κ1) is 30.5. The molecule has 0 saturated heterocycles. The van der Waals surface area contributed by atoms with E-state index < -0.39 is 57.6 Å². The Kier molecular flexibility index (Phi) is 10.5. The lowest BCUT2D eigenvalue weighted by Crippen LogP contribution is -2.53.